The molecule has 0 aromatic heterocycles. The number of carboxylic acid groups (broad SMARTS) is 1. The molecule has 1 saturated carbocycles. The Bertz CT molecular complexity index is 430. The van der Waals surface area contributed by atoms with Crippen LogP contribution in [-0.4, -0.2) is 66.2 Å². The Morgan fingerprint density at radius 3 is 2.58 bits per heavy atom. The van der Waals surface area contributed by atoms with Crippen LogP contribution >= 0.6 is 0 Å². The number of rotatable bonds is 5. The van der Waals surface area contributed by atoms with E-state index in [4.69, 9.17) is 5.11 Å². The molecule has 2 amide bonds. The molecule has 0 aromatic rings. The highest BCUT2D eigenvalue weighted by molar-refractivity contribution is 5.74. The zero-order valence-corrected chi connectivity index (χ0v) is 15.2. The molecule has 3 unspecified atom stereocenters. The molecule has 1 aliphatic heterocycles. The van der Waals surface area contributed by atoms with Crippen LogP contribution in [0.2, 0.25) is 0 Å². The van der Waals surface area contributed by atoms with E-state index in [-0.39, 0.29) is 18.6 Å². The topological polar surface area (TPSA) is 72.9 Å². The van der Waals surface area contributed by atoms with Gasteiger partial charge in [-0.25, -0.2) is 4.79 Å². The van der Waals surface area contributed by atoms with Gasteiger partial charge in [0.25, 0.3) is 0 Å². The minimum absolute atomic E-state index is 0.0503. The number of aliphatic carboxylic acids is 1. The quantitative estimate of drug-likeness (QED) is 0.807. The number of nitrogens with zero attached hydrogens (tertiary/aromatic N) is 2. The molecule has 1 aliphatic carbocycles. The summed E-state index contributed by atoms with van der Waals surface area (Å²) >= 11 is 0. The van der Waals surface area contributed by atoms with Crippen molar-refractivity contribution in [2.45, 2.75) is 57.9 Å². The highest BCUT2D eigenvalue weighted by Crippen LogP contribution is 2.28. The Balaban J connectivity index is 1.76. The second kappa shape index (κ2) is 9.25. The largest absolute Gasteiger partial charge is 0.480 e. The van der Waals surface area contributed by atoms with Crippen molar-refractivity contribution in [3.63, 3.8) is 0 Å². The van der Waals surface area contributed by atoms with E-state index >= 15 is 0 Å². The smallest absolute Gasteiger partial charge is 0.317 e. The van der Waals surface area contributed by atoms with Crippen molar-refractivity contribution in [1.82, 2.24) is 15.1 Å². The number of carboxylic acids is 1. The van der Waals surface area contributed by atoms with Crippen LogP contribution in [0.5, 0.6) is 0 Å². The Morgan fingerprint density at radius 1 is 1.12 bits per heavy atom. The van der Waals surface area contributed by atoms with Crippen molar-refractivity contribution in [2.75, 3.05) is 33.2 Å². The van der Waals surface area contributed by atoms with Crippen molar-refractivity contribution < 1.29 is 14.7 Å². The van der Waals surface area contributed by atoms with Crippen LogP contribution in [0.15, 0.2) is 0 Å². The highest BCUT2D eigenvalue weighted by atomic mass is 16.4. The standard InChI is InChI=1S/C18H33N3O3/c1-14-6-3-4-7-15(14)12-19-18(24)21-10-5-8-16(9-11-21)20(2)13-17(22)23/h14-16H,3-13H2,1-2H3,(H,19,24)(H,22,23). The maximum absolute atomic E-state index is 12.5. The van der Waals surface area contributed by atoms with Gasteiger partial charge in [0.1, 0.15) is 0 Å². The van der Waals surface area contributed by atoms with Gasteiger partial charge in [-0.15, -0.1) is 0 Å². The Morgan fingerprint density at radius 2 is 1.88 bits per heavy atom. The van der Waals surface area contributed by atoms with Gasteiger partial charge in [0.05, 0.1) is 6.54 Å². The lowest BCUT2D eigenvalue weighted by Crippen LogP contribution is -2.44. The molecule has 2 N–H and O–H groups in total. The fraction of sp³-hybridized carbons (Fsp3) is 0.889. The third-order valence-electron chi connectivity index (χ3n) is 5.80. The lowest BCUT2D eigenvalue weighted by Gasteiger charge is -2.30. The van der Waals surface area contributed by atoms with E-state index < -0.39 is 5.97 Å². The van der Waals surface area contributed by atoms with Crippen molar-refractivity contribution in [3.05, 3.63) is 0 Å². The van der Waals surface area contributed by atoms with E-state index in [9.17, 15) is 9.59 Å². The molecule has 1 saturated heterocycles. The van der Waals surface area contributed by atoms with E-state index in [0.717, 1.165) is 32.4 Å². The van der Waals surface area contributed by atoms with E-state index in [0.29, 0.717) is 18.4 Å². The molecule has 0 aromatic carbocycles. The van der Waals surface area contributed by atoms with Gasteiger partial charge >= 0.3 is 12.0 Å². The van der Waals surface area contributed by atoms with Gasteiger partial charge in [-0.2, -0.15) is 0 Å². The SMILES string of the molecule is CC1CCCCC1CNC(=O)N1CCCC(N(C)CC(=O)O)CC1. The lowest BCUT2D eigenvalue weighted by molar-refractivity contribution is -0.138. The molecule has 3 atom stereocenters. The summed E-state index contributed by atoms with van der Waals surface area (Å²) in [5.41, 5.74) is 0. The molecule has 6 heteroatoms. The molecule has 24 heavy (non-hydrogen) atoms. The van der Waals surface area contributed by atoms with Crippen LogP contribution < -0.4 is 5.32 Å². The van der Waals surface area contributed by atoms with Crippen molar-refractivity contribution in [3.8, 4) is 0 Å². The van der Waals surface area contributed by atoms with E-state index in [1.54, 1.807) is 0 Å². The first-order valence-electron chi connectivity index (χ1n) is 9.42. The van der Waals surface area contributed by atoms with Crippen LogP contribution in [0.3, 0.4) is 0 Å². The fourth-order valence-electron chi connectivity index (χ4n) is 4.09. The first kappa shape index (κ1) is 19.0. The van der Waals surface area contributed by atoms with Gasteiger partial charge in [0.2, 0.25) is 0 Å². The van der Waals surface area contributed by atoms with Crippen molar-refractivity contribution in [2.24, 2.45) is 11.8 Å². The van der Waals surface area contributed by atoms with Crippen molar-refractivity contribution in [1.29, 1.82) is 0 Å². The number of amides is 2. The van der Waals surface area contributed by atoms with E-state index in [1.165, 1.54) is 25.7 Å². The molecule has 2 fully saturated rings. The Labute approximate surface area is 145 Å². The van der Waals surface area contributed by atoms with Gasteiger partial charge < -0.3 is 15.3 Å². The van der Waals surface area contributed by atoms with Gasteiger partial charge in [-0.1, -0.05) is 26.2 Å². The summed E-state index contributed by atoms with van der Waals surface area (Å²) in [4.78, 5) is 27.1. The number of likely N-dealkylation sites (N-methyl/N-ethyl adjacent to an activating group) is 1. The average molecular weight is 339 g/mol. The summed E-state index contributed by atoms with van der Waals surface area (Å²) in [5.74, 6) is 0.527. The number of carbonyl (C=O) groups excluding carboxylic acids is 1. The number of urea groups is 1. The zero-order chi connectivity index (χ0) is 17.5. The maximum atomic E-state index is 12.5. The first-order valence-corrected chi connectivity index (χ1v) is 9.42. The van der Waals surface area contributed by atoms with Crippen LogP contribution in [0.4, 0.5) is 4.79 Å². The summed E-state index contributed by atoms with van der Waals surface area (Å²) in [6.45, 7) is 4.63. The van der Waals surface area contributed by atoms with Crippen LogP contribution in [-0.2, 0) is 4.79 Å². The van der Waals surface area contributed by atoms with Gasteiger partial charge in [-0.3, -0.25) is 9.69 Å². The highest BCUT2D eigenvalue weighted by Gasteiger charge is 2.25. The molecule has 138 valence electrons. The molecule has 2 rings (SSSR count). The fourth-order valence-corrected chi connectivity index (χ4v) is 4.09. The Hall–Kier alpha value is -1.30. The molecular weight excluding hydrogens is 306 g/mol. The predicted octanol–water partition coefficient (Wildman–Crippen LogP) is 2.39. The summed E-state index contributed by atoms with van der Waals surface area (Å²) in [7, 11) is 1.86. The molecule has 0 radical (unpaired) electrons. The second-order valence-corrected chi connectivity index (χ2v) is 7.59. The summed E-state index contributed by atoms with van der Waals surface area (Å²) in [5, 5.41) is 12.1. The number of nitrogens with one attached hydrogen (secondary N) is 1. The van der Waals surface area contributed by atoms with Crippen LogP contribution in [0.1, 0.15) is 51.9 Å². The van der Waals surface area contributed by atoms with Crippen molar-refractivity contribution >= 4 is 12.0 Å². The maximum Gasteiger partial charge on any atom is 0.317 e. The Kier molecular flexibility index (Phi) is 7.34. The minimum Gasteiger partial charge on any atom is -0.480 e. The normalized spacial score (nSPS) is 28.5. The molecule has 2 aliphatic rings. The number of hydrogen-bond acceptors (Lipinski definition) is 3. The zero-order valence-electron chi connectivity index (χ0n) is 15.2. The second-order valence-electron chi connectivity index (χ2n) is 7.59. The third-order valence-corrected chi connectivity index (χ3v) is 5.80. The van der Waals surface area contributed by atoms with Crippen LogP contribution in [0, 0.1) is 11.8 Å². The van der Waals surface area contributed by atoms with Crippen LogP contribution in [0.25, 0.3) is 0 Å². The summed E-state index contributed by atoms with van der Waals surface area (Å²) in [6, 6.07) is 0.298. The molecule has 0 spiro atoms. The predicted molar refractivity (Wildman–Crippen MR) is 94.0 cm³/mol. The average Bonchev–Trinajstić information content (AvgIpc) is 2.79. The number of likely N-dealkylation sites (tertiary alicyclic amines) is 1. The molecule has 6 nitrogen and oxygen atoms in total. The van der Waals surface area contributed by atoms with E-state index in [2.05, 4.69) is 12.2 Å². The number of carbonyl (C=O) groups is 2. The minimum atomic E-state index is -0.794. The lowest BCUT2D eigenvalue weighted by atomic mass is 9.80. The third kappa shape index (κ3) is 5.65. The van der Waals surface area contributed by atoms with Gasteiger partial charge in [-0.05, 0) is 44.6 Å². The molecule has 1 heterocycles. The van der Waals surface area contributed by atoms with Gasteiger partial charge in [0.15, 0.2) is 0 Å². The summed E-state index contributed by atoms with van der Waals surface area (Å²) in [6.07, 6.45) is 7.84. The molecule has 0 bridgehead atoms. The first-order chi connectivity index (χ1) is 11.5. The molecular formula is C18H33N3O3. The summed E-state index contributed by atoms with van der Waals surface area (Å²) < 4.78 is 0. The van der Waals surface area contributed by atoms with Gasteiger partial charge in [0, 0.05) is 25.7 Å². The van der Waals surface area contributed by atoms with E-state index in [1.807, 2.05) is 16.8 Å². The number of hydrogen-bond donors (Lipinski definition) is 2. The monoisotopic (exact) mass is 339 g/mol.